The highest BCUT2D eigenvalue weighted by molar-refractivity contribution is 9.10. The number of hydrogen-bond acceptors (Lipinski definition) is 3. The average Bonchev–Trinajstić information content (AvgIpc) is 2.99. The van der Waals surface area contributed by atoms with E-state index in [1.54, 1.807) is 11.1 Å². The van der Waals surface area contributed by atoms with Crippen LogP contribution in [0.5, 0.6) is 5.88 Å². The summed E-state index contributed by atoms with van der Waals surface area (Å²) in [5.41, 5.74) is 0.798. The zero-order valence-electron chi connectivity index (χ0n) is 11.9. The number of hydrogen-bond donors (Lipinski definition) is 1. The lowest BCUT2D eigenvalue weighted by Gasteiger charge is -2.17. The lowest BCUT2D eigenvalue weighted by atomic mass is 10.3. The van der Waals surface area contributed by atoms with Crippen molar-refractivity contribution in [2.75, 3.05) is 18.4 Å². The molecule has 2 amide bonds. The molecule has 2 aromatic rings. The third-order valence-corrected chi connectivity index (χ3v) is 3.91. The number of aromatic nitrogens is 1. The maximum absolute atomic E-state index is 12.2. The summed E-state index contributed by atoms with van der Waals surface area (Å²) in [6, 6.07) is 13.0. The number of rotatable bonds is 3. The number of ether oxygens (including phenoxy) is 1. The largest absolute Gasteiger partial charge is 0.472 e. The summed E-state index contributed by atoms with van der Waals surface area (Å²) in [7, 11) is 0. The van der Waals surface area contributed by atoms with Gasteiger partial charge in [-0.25, -0.2) is 9.78 Å². The second-order valence-corrected chi connectivity index (χ2v) is 6.00. The molecule has 0 radical (unpaired) electrons. The van der Waals surface area contributed by atoms with Gasteiger partial charge in [0.15, 0.2) is 0 Å². The van der Waals surface area contributed by atoms with Crippen LogP contribution < -0.4 is 10.1 Å². The number of carbonyl (C=O) groups is 1. The highest BCUT2D eigenvalue weighted by Gasteiger charge is 2.27. The predicted octanol–water partition coefficient (Wildman–Crippen LogP) is 3.53. The van der Waals surface area contributed by atoms with E-state index in [0.717, 1.165) is 16.6 Å². The molecule has 5 nitrogen and oxygen atoms in total. The van der Waals surface area contributed by atoms with Crippen LogP contribution in [-0.4, -0.2) is 35.1 Å². The van der Waals surface area contributed by atoms with Gasteiger partial charge in [-0.1, -0.05) is 18.2 Å². The number of nitrogens with one attached hydrogen (secondary N) is 1. The fraction of sp³-hybridized carbons (Fsp3) is 0.250. The van der Waals surface area contributed by atoms with E-state index < -0.39 is 0 Å². The summed E-state index contributed by atoms with van der Waals surface area (Å²) >= 11 is 3.34. The van der Waals surface area contributed by atoms with Gasteiger partial charge < -0.3 is 15.0 Å². The van der Waals surface area contributed by atoms with Crippen LogP contribution in [0.4, 0.5) is 10.5 Å². The van der Waals surface area contributed by atoms with Crippen LogP contribution in [0.15, 0.2) is 53.1 Å². The van der Waals surface area contributed by atoms with Gasteiger partial charge in [-0.3, -0.25) is 0 Å². The van der Waals surface area contributed by atoms with Gasteiger partial charge in [0, 0.05) is 35.4 Å². The van der Waals surface area contributed by atoms with E-state index in [1.165, 1.54) is 0 Å². The molecule has 1 aromatic heterocycles. The summed E-state index contributed by atoms with van der Waals surface area (Å²) in [5, 5.41) is 2.89. The topological polar surface area (TPSA) is 54.5 Å². The number of amides is 2. The second-order valence-electron chi connectivity index (χ2n) is 5.09. The van der Waals surface area contributed by atoms with Gasteiger partial charge >= 0.3 is 6.03 Å². The van der Waals surface area contributed by atoms with Crippen LogP contribution in [0.1, 0.15) is 6.42 Å². The SMILES string of the molecule is O=C(Nc1ccccc1)N1CCC(Oc2ccc(Br)cn2)C1. The highest BCUT2D eigenvalue weighted by atomic mass is 79.9. The normalized spacial score (nSPS) is 17.3. The van der Waals surface area contributed by atoms with Crippen LogP contribution in [0, 0.1) is 0 Å². The van der Waals surface area contributed by atoms with E-state index in [0.29, 0.717) is 19.0 Å². The fourth-order valence-corrected chi connectivity index (χ4v) is 2.57. The molecule has 114 valence electrons. The number of carbonyl (C=O) groups excluding carboxylic acids is 1. The van der Waals surface area contributed by atoms with E-state index >= 15 is 0 Å². The summed E-state index contributed by atoms with van der Waals surface area (Å²) < 4.78 is 6.72. The molecule has 1 fully saturated rings. The third kappa shape index (κ3) is 3.76. The number of halogens is 1. The van der Waals surface area contributed by atoms with E-state index in [9.17, 15) is 4.79 Å². The molecule has 0 bridgehead atoms. The molecular weight excluding hydrogens is 346 g/mol. The fourth-order valence-electron chi connectivity index (χ4n) is 2.34. The molecular formula is C16H16BrN3O2. The minimum absolute atomic E-state index is 0.0183. The smallest absolute Gasteiger partial charge is 0.321 e. The summed E-state index contributed by atoms with van der Waals surface area (Å²) in [6.07, 6.45) is 2.49. The standard InChI is InChI=1S/C16H16BrN3O2/c17-12-6-7-15(18-10-12)22-14-8-9-20(11-14)16(21)19-13-4-2-1-3-5-13/h1-7,10,14H,8-9,11H2,(H,19,21). The van der Waals surface area contributed by atoms with Crippen molar-refractivity contribution in [3.8, 4) is 5.88 Å². The first-order valence-corrected chi connectivity index (χ1v) is 7.89. The molecule has 1 aromatic carbocycles. The Morgan fingerprint density at radius 2 is 2.09 bits per heavy atom. The molecule has 3 rings (SSSR count). The van der Waals surface area contributed by atoms with Gasteiger partial charge in [0.1, 0.15) is 6.10 Å². The molecule has 6 heteroatoms. The van der Waals surface area contributed by atoms with Crippen molar-refractivity contribution in [3.63, 3.8) is 0 Å². The number of pyridine rings is 1. The Morgan fingerprint density at radius 1 is 1.27 bits per heavy atom. The van der Waals surface area contributed by atoms with Crippen LogP contribution in [0.25, 0.3) is 0 Å². The molecule has 0 spiro atoms. The van der Waals surface area contributed by atoms with Crippen molar-refractivity contribution in [2.45, 2.75) is 12.5 Å². The molecule has 1 unspecified atom stereocenters. The molecule has 1 N–H and O–H groups in total. The van der Waals surface area contributed by atoms with Crippen molar-refractivity contribution in [2.24, 2.45) is 0 Å². The van der Waals surface area contributed by atoms with Crippen molar-refractivity contribution >= 4 is 27.6 Å². The van der Waals surface area contributed by atoms with Crippen LogP contribution >= 0.6 is 15.9 Å². The van der Waals surface area contributed by atoms with Gasteiger partial charge in [0.2, 0.25) is 5.88 Å². The first-order valence-electron chi connectivity index (χ1n) is 7.10. The van der Waals surface area contributed by atoms with Gasteiger partial charge in [-0.15, -0.1) is 0 Å². The molecule has 1 atom stereocenters. The van der Waals surface area contributed by atoms with Gasteiger partial charge in [-0.2, -0.15) is 0 Å². The molecule has 1 saturated heterocycles. The average molecular weight is 362 g/mol. The van der Waals surface area contributed by atoms with E-state index in [2.05, 4.69) is 26.2 Å². The van der Waals surface area contributed by atoms with Crippen molar-refractivity contribution in [3.05, 3.63) is 53.1 Å². The second kappa shape index (κ2) is 6.79. The molecule has 1 aliphatic heterocycles. The first-order chi connectivity index (χ1) is 10.7. The highest BCUT2D eigenvalue weighted by Crippen LogP contribution is 2.19. The number of benzene rings is 1. The third-order valence-electron chi connectivity index (χ3n) is 3.44. The number of nitrogens with zero attached hydrogens (tertiary/aromatic N) is 2. The summed E-state index contributed by atoms with van der Waals surface area (Å²) in [5.74, 6) is 0.582. The molecule has 1 aliphatic rings. The Kier molecular flexibility index (Phi) is 4.58. The zero-order chi connectivity index (χ0) is 15.4. The number of para-hydroxylation sites is 1. The maximum Gasteiger partial charge on any atom is 0.321 e. The Labute approximate surface area is 137 Å². The van der Waals surface area contributed by atoms with Crippen LogP contribution in [0.2, 0.25) is 0 Å². The maximum atomic E-state index is 12.2. The van der Waals surface area contributed by atoms with Gasteiger partial charge in [0.25, 0.3) is 0 Å². The zero-order valence-corrected chi connectivity index (χ0v) is 13.5. The Hall–Kier alpha value is -2.08. The van der Waals surface area contributed by atoms with Gasteiger partial charge in [0.05, 0.1) is 6.54 Å². The Morgan fingerprint density at radius 3 is 2.82 bits per heavy atom. The van der Waals surface area contributed by atoms with Crippen LogP contribution in [-0.2, 0) is 0 Å². The monoisotopic (exact) mass is 361 g/mol. The molecule has 2 heterocycles. The van der Waals surface area contributed by atoms with E-state index in [4.69, 9.17) is 4.74 Å². The summed E-state index contributed by atoms with van der Waals surface area (Å²) in [6.45, 7) is 1.25. The first kappa shape index (κ1) is 14.8. The van der Waals surface area contributed by atoms with Crippen molar-refractivity contribution in [1.82, 2.24) is 9.88 Å². The minimum atomic E-state index is -0.0962. The van der Waals surface area contributed by atoms with Gasteiger partial charge in [-0.05, 0) is 34.1 Å². The number of likely N-dealkylation sites (tertiary alicyclic amines) is 1. The van der Waals surface area contributed by atoms with E-state index in [1.807, 2.05) is 42.5 Å². The molecule has 0 saturated carbocycles. The van der Waals surface area contributed by atoms with Crippen LogP contribution in [0.3, 0.4) is 0 Å². The quantitative estimate of drug-likeness (QED) is 0.909. The Balaban J connectivity index is 1.53. The van der Waals surface area contributed by atoms with Crippen molar-refractivity contribution in [1.29, 1.82) is 0 Å². The summed E-state index contributed by atoms with van der Waals surface area (Å²) in [4.78, 5) is 18.1. The minimum Gasteiger partial charge on any atom is -0.472 e. The molecule has 22 heavy (non-hydrogen) atoms. The molecule has 0 aliphatic carbocycles. The lowest BCUT2D eigenvalue weighted by molar-refractivity contribution is 0.190. The Bertz CT molecular complexity index is 634. The van der Waals surface area contributed by atoms with Crippen molar-refractivity contribution < 1.29 is 9.53 Å². The number of urea groups is 1. The van der Waals surface area contributed by atoms with E-state index in [-0.39, 0.29) is 12.1 Å². The lowest BCUT2D eigenvalue weighted by Crippen LogP contribution is -2.34. The predicted molar refractivity (Wildman–Crippen MR) is 88.0 cm³/mol. The number of anilines is 1.